The van der Waals surface area contributed by atoms with Gasteiger partial charge < -0.3 is 14.2 Å². The monoisotopic (exact) mass is 889 g/mol. The Balaban J connectivity index is 4.27. The number of ether oxygens (including phenoxy) is 3. The van der Waals surface area contributed by atoms with Crippen molar-refractivity contribution in [2.75, 3.05) is 13.2 Å². The van der Waals surface area contributed by atoms with Gasteiger partial charge in [0.25, 0.3) is 0 Å². The van der Waals surface area contributed by atoms with Crippen LogP contribution in [-0.4, -0.2) is 37.2 Å². The Hall–Kier alpha value is -1.85. The minimum atomic E-state index is -0.767. The van der Waals surface area contributed by atoms with Gasteiger partial charge in [-0.3, -0.25) is 14.4 Å². The van der Waals surface area contributed by atoms with Gasteiger partial charge in [0.15, 0.2) is 6.10 Å². The highest BCUT2D eigenvalue weighted by atomic mass is 16.6. The summed E-state index contributed by atoms with van der Waals surface area (Å²) in [6.07, 6.45) is 59.1. The quantitative estimate of drug-likeness (QED) is 0.0262. The van der Waals surface area contributed by atoms with E-state index >= 15 is 0 Å². The molecule has 0 aliphatic carbocycles. The van der Waals surface area contributed by atoms with Crippen LogP contribution in [0.2, 0.25) is 0 Å². The highest BCUT2D eigenvalue weighted by Crippen LogP contribution is 2.17. The zero-order chi connectivity index (χ0) is 45.8. The minimum absolute atomic E-state index is 0.0667. The SMILES string of the molecule is CCCCC/C=C\CCCCCCCC(=O)OCC(COC(=O)CCCCCCCCCCCCCCCCCCCCC)OC(=O)CCCCCCCCCCCCCCCC. The molecule has 0 aromatic carbocycles. The third-order valence-electron chi connectivity index (χ3n) is 12.8. The van der Waals surface area contributed by atoms with E-state index in [0.29, 0.717) is 19.3 Å². The summed E-state index contributed by atoms with van der Waals surface area (Å²) in [6.45, 7) is 6.66. The van der Waals surface area contributed by atoms with E-state index in [-0.39, 0.29) is 31.1 Å². The van der Waals surface area contributed by atoms with Gasteiger partial charge >= 0.3 is 17.9 Å². The van der Waals surface area contributed by atoms with Gasteiger partial charge in [0.1, 0.15) is 13.2 Å². The highest BCUT2D eigenvalue weighted by molar-refractivity contribution is 5.71. The van der Waals surface area contributed by atoms with Crippen LogP contribution in [0.4, 0.5) is 0 Å². The molecule has 0 aromatic heterocycles. The summed E-state index contributed by atoms with van der Waals surface area (Å²) in [5.74, 6) is -0.854. The van der Waals surface area contributed by atoms with E-state index in [2.05, 4.69) is 32.9 Å². The van der Waals surface area contributed by atoms with Crippen LogP contribution in [0.5, 0.6) is 0 Å². The Morgan fingerprint density at radius 3 is 0.825 bits per heavy atom. The third-order valence-corrected chi connectivity index (χ3v) is 12.8. The Kier molecular flexibility index (Phi) is 51.2. The maximum atomic E-state index is 12.8. The second kappa shape index (κ2) is 52.8. The van der Waals surface area contributed by atoms with Gasteiger partial charge in [-0.1, -0.05) is 264 Å². The van der Waals surface area contributed by atoms with E-state index in [9.17, 15) is 14.4 Å². The van der Waals surface area contributed by atoms with E-state index < -0.39 is 6.10 Å². The van der Waals surface area contributed by atoms with Crippen LogP contribution in [0.1, 0.15) is 316 Å². The van der Waals surface area contributed by atoms with E-state index in [1.54, 1.807) is 0 Å². The summed E-state index contributed by atoms with van der Waals surface area (Å²) in [5.41, 5.74) is 0. The van der Waals surface area contributed by atoms with Crippen LogP contribution in [0.25, 0.3) is 0 Å². The van der Waals surface area contributed by atoms with E-state index in [1.165, 1.54) is 212 Å². The summed E-state index contributed by atoms with van der Waals surface area (Å²) in [7, 11) is 0. The van der Waals surface area contributed by atoms with Gasteiger partial charge in [-0.25, -0.2) is 0 Å². The standard InChI is InChI=1S/C57H108O6/c1-4-7-10-13-16-19-22-25-27-28-29-30-31-33-35-38-41-44-47-50-56(59)62-53-54(52-61-55(58)49-46-43-40-37-34-24-21-18-15-12-9-6-3)63-57(60)51-48-45-42-39-36-32-26-23-20-17-14-11-8-5-2/h18,21,54H,4-17,19-20,22-53H2,1-3H3/b21-18-. The van der Waals surface area contributed by atoms with Crippen molar-refractivity contribution in [2.24, 2.45) is 0 Å². The lowest BCUT2D eigenvalue weighted by molar-refractivity contribution is -0.167. The van der Waals surface area contributed by atoms with E-state index in [0.717, 1.165) is 64.2 Å². The molecule has 0 aliphatic rings. The molecule has 0 fully saturated rings. The van der Waals surface area contributed by atoms with E-state index in [1.807, 2.05) is 0 Å². The van der Waals surface area contributed by atoms with Gasteiger partial charge in [0, 0.05) is 19.3 Å². The average molecular weight is 889 g/mol. The van der Waals surface area contributed by atoms with Crippen molar-refractivity contribution in [3.8, 4) is 0 Å². The van der Waals surface area contributed by atoms with Gasteiger partial charge in [0.2, 0.25) is 0 Å². The van der Waals surface area contributed by atoms with Crippen molar-refractivity contribution in [1.29, 1.82) is 0 Å². The summed E-state index contributed by atoms with van der Waals surface area (Å²) in [6, 6.07) is 0. The number of esters is 3. The molecule has 1 unspecified atom stereocenters. The maximum absolute atomic E-state index is 12.8. The molecule has 0 radical (unpaired) electrons. The fraction of sp³-hybridized carbons (Fsp3) is 0.912. The van der Waals surface area contributed by atoms with Crippen LogP contribution in [-0.2, 0) is 28.6 Å². The second-order valence-electron chi connectivity index (χ2n) is 19.2. The lowest BCUT2D eigenvalue weighted by atomic mass is 10.0. The number of hydrogen-bond acceptors (Lipinski definition) is 6. The van der Waals surface area contributed by atoms with Crippen LogP contribution in [0.15, 0.2) is 12.2 Å². The van der Waals surface area contributed by atoms with Crippen molar-refractivity contribution in [3.05, 3.63) is 12.2 Å². The first-order valence-corrected chi connectivity index (χ1v) is 28.2. The molecule has 6 heteroatoms. The zero-order valence-corrected chi connectivity index (χ0v) is 42.6. The Morgan fingerprint density at radius 1 is 0.302 bits per heavy atom. The molecular weight excluding hydrogens is 781 g/mol. The molecule has 0 aliphatic heterocycles. The van der Waals surface area contributed by atoms with Crippen molar-refractivity contribution < 1.29 is 28.6 Å². The molecule has 6 nitrogen and oxygen atoms in total. The predicted molar refractivity (Wildman–Crippen MR) is 270 cm³/mol. The summed E-state index contributed by atoms with van der Waals surface area (Å²) < 4.78 is 16.8. The maximum Gasteiger partial charge on any atom is 0.306 e. The number of carbonyl (C=O) groups excluding carboxylic acids is 3. The Labute approximate surface area is 392 Å². The number of unbranched alkanes of at least 4 members (excludes halogenated alkanes) is 39. The molecule has 0 heterocycles. The molecule has 0 spiro atoms. The predicted octanol–water partition coefficient (Wildman–Crippen LogP) is 18.5. The van der Waals surface area contributed by atoms with Crippen LogP contribution in [0, 0.1) is 0 Å². The molecule has 0 saturated heterocycles. The molecule has 1 atom stereocenters. The minimum Gasteiger partial charge on any atom is -0.462 e. The first-order chi connectivity index (χ1) is 31.0. The average Bonchev–Trinajstić information content (AvgIpc) is 3.28. The lowest BCUT2D eigenvalue weighted by Crippen LogP contribution is -2.30. The number of carbonyl (C=O) groups is 3. The molecule has 0 saturated carbocycles. The second-order valence-corrected chi connectivity index (χ2v) is 19.2. The van der Waals surface area contributed by atoms with Gasteiger partial charge in [-0.2, -0.15) is 0 Å². The van der Waals surface area contributed by atoms with Gasteiger partial charge in [-0.05, 0) is 44.9 Å². The topological polar surface area (TPSA) is 78.9 Å². The smallest absolute Gasteiger partial charge is 0.306 e. The van der Waals surface area contributed by atoms with Crippen LogP contribution < -0.4 is 0 Å². The summed E-state index contributed by atoms with van der Waals surface area (Å²) in [4.78, 5) is 38.0. The first-order valence-electron chi connectivity index (χ1n) is 28.2. The molecule has 0 N–H and O–H groups in total. The van der Waals surface area contributed by atoms with Gasteiger partial charge in [0.05, 0.1) is 0 Å². The van der Waals surface area contributed by atoms with Crippen molar-refractivity contribution >= 4 is 17.9 Å². The van der Waals surface area contributed by atoms with Gasteiger partial charge in [-0.15, -0.1) is 0 Å². The summed E-state index contributed by atoms with van der Waals surface area (Å²) >= 11 is 0. The summed E-state index contributed by atoms with van der Waals surface area (Å²) in [5, 5.41) is 0. The fourth-order valence-electron chi connectivity index (χ4n) is 8.50. The molecule has 0 amide bonds. The Bertz CT molecular complexity index is 978. The molecule has 63 heavy (non-hydrogen) atoms. The van der Waals surface area contributed by atoms with E-state index in [4.69, 9.17) is 14.2 Å². The Morgan fingerprint density at radius 2 is 0.524 bits per heavy atom. The fourth-order valence-corrected chi connectivity index (χ4v) is 8.50. The van der Waals surface area contributed by atoms with Crippen LogP contribution >= 0.6 is 0 Å². The van der Waals surface area contributed by atoms with Crippen molar-refractivity contribution in [1.82, 2.24) is 0 Å². The number of allylic oxidation sites excluding steroid dienone is 2. The van der Waals surface area contributed by atoms with Crippen LogP contribution in [0.3, 0.4) is 0 Å². The molecule has 372 valence electrons. The lowest BCUT2D eigenvalue weighted by Gasteiger charge is -2.18. The van der Waals surface area contributed by atoms with Crippen molar-refractivity contribution in [3.63, 3.8) is 0 Å². The number of hydrogen-bond donors (Lipinski definition) is 0. The molecule has 0 bridgehead atoms. The van der Waals surface area contributed by atoms with Crippen molar-refractivity contribution in [2.45, 2.75) is 322 Å². The molecule has 0 rings (SSSR count). The first kappa shape index (κ1) is 61.1. The normalized spacial score (nSPS) is 12.0. The third kappa shape index (κ3) is 51.0. The zero-order valence-electron chi connectivity index (χ0n) is 42.6. The molecular formula is C57H108O6. The highest BCUT2D eigenvalue weighted by Gasteiger charge is 2.19. The largest absolute Gasteiger partial charge is 0.462 e. The molecule has 0 aromatic rings. The number of rotatable bonds is 52.